The number of amides is 2. The Morgan fingerprint density at radius 3 is 2.75 bits per heavy atom. The van der Waals surface area contributed by atoms with Crippen LogP contribution in [0.15, 0.2) is 18.2 Å². The molecule has 1 N–H and O–H groups in total. The Labute approximate surface area is 120 Å². The Morgan fingerprint density at radius 2 is 2.05 bits per heavy atom. The molecule has 20 heavy (non-hydrogen) atoms. The maximum atomic E-state index is 12.7. The molecule has 1 aromatic carbocycles. The van der Waals surface area contributed by atoms with Gasteiger partial charge in [-0.25, -0.2) is 0 Å². The Kier molecular flexibility index (Phi) is 4.42. The molecule has 1 saturated heterocycles. The van der Waals surface area contributed by atoms with E-state index in [0.29, 0.717) is 19.4 Å². The molecule has 1 atom stereocenters. The van der Waals surface area contributed by atoms with Gasteiger partial charge in [0.05, 0.1) is 0 Å². The summed E-state index contributed by atoms with van der Waals surface area (Å²) in [6, 6.07) is 5.68. The van der Waals surface area contributed by atoms with Gasteiger partial charge in [0.2, 0.25) is 11.8 Å². The van der Waals surface area contributed by atoms with Crippen LogP contribution in [0.1, 0.15) is 37.3 Å². The zero-order chi connectivity index (χ0) is 14.7. The highest BCUT2D eigenvalue weighted by Gasteiger charge is 2.30. The first-order valence-electron chi connectivity index (χ1n) is 7.21. The summed E-state index contributed by atoms with van der Waals surface area (Å²) in [4.78, 5) is 26.2. The van der Waals surface area contributed by atoms with Crippen LogP contribution in [-0.2, 0) is 9.59 Å². The van der Waals surface area contributed by atoms with E-state index in [1.54, 1.807) is 4.90 Å². The maximum absolute atomic E-state index is 12.7. The van der Waals surface area contributed by atoms with E-state index in [1.807, 2.05) is 39.0 Å². The third-order valence-corrected chi connectivity index (χ3v) is 3.69. The zero-order valence-corrected chi connectivity index (χ0v) is 12.4. The van der Waals surface area contributed by atoms with Crippen molar-refractivity contribution in [2.45, 2.75) is 46.1 Å². The molecule has 1 heterocycles. The van der Waals surface area contributed by atoms with E-state index >= 15 is 0 Å². The van der Waals surface area contributed by atoms with E-state index in [4.69, 9.17) is 0 Å². The van der Waals surface area contributed by atoms with Crippen LogP contribution >= 0.6 is 0 Å². The average Bonchev–Trinajstić information content (AvgIpc) is 2.54. The molecule has 0 aliphatic carbocycles. The van der Waals surface area contributed by atoms with Gasteiger partial charge < -0.3 is 10.2 Å². The summed E-state index contributed by atoms with van der Waals surface area (Å²) in [7, 11) is 0. The second kappa shape index (κ2) is 6.07. The summed E-state index contributed by atoms with van der Waals surface area (Å²) in [6.45, 7) is 6.48. The number of nitrogens with zero attached hydrogens (tertiary/aromatic N) is 1. The molecule has 4 heteroatoms. The number of hydrogen-bond acceptors (Lipinski definition) is 2. The molecule has 0 saturated carbocycles. The third kappa shape index (κ3) is 3.00. The quantitative estimate of drug-likeness (QED) is 0.919. The molecule has 1 aliphatic rings. The fourth-order valence-corrected chi connectivity index (χ4v) is 2.57. The largest absolute Gasteiger partial charge is 0.344 e. The number of anilines is 1. The Hall–Kier alpha value is -1.84. The van der Waals surface area contributed by atoms with E-state index in [1.165, 1.54) is 0 Å². The normalized spacial score (nSPS) is 19.8. The molecule has 1 unspecified atom stereocenters. The second-order valence-corrected chi connectivity index (χ2v) is 5.44. The number of aryl methyl sites for hydroxylation is 2. The van der Waals surface area contributed by atoms with Gasteiger partial charge in [-0.3, -0.25) is 9.59 Å². The highest BCUT2D eigenvalue weighted by Crippen LogP contribution is 2.24. The van der Waals surface area contributed by atoms with E-state index in [0.717, 1.165) is 23.2 Å². The summed E-state index contributed by atoms with van der Waals surface area (Å²) < 4.78 is 0. The van der Waals surface area contributed by atoms with Gasteiger partial charge in [0.25, 0.3) is 0 Å². The molecule has 1 aliphatic heterocycles. The highest BCUT2D eigenvalue weighted by molar-refractivity contribution is 6.01. The van der Waals surface area contributed by atoms with Crippen molar-refractivity contribution < 1.29 is 9.59 Å². The standard InChI is InChI=1S/C16H22N2O2/c1-4-5-13-16(20)18(9-8-15(19)17-13)14-10-11(2)6-7-12(14)3/h6-7,10,13H,4-5,8-9H2,1-3H3,(H,17,19). The van der Waals surface area contributed by atoms with E-state index in [2.05, 4.69) is 5.32 Å². The van der Waals surface area contributed by atoms with Crippen molar-refractivity contribution in [1.29, 1.82) is 0 Å². The number of carbonyl (C=O) groups excluding carboxylic acids is 2. The Bertz CT molecular complexity index is 525. The third-order valence-electron chi connectivity index (χ3n) is 3.69. The number of nitrogens with one attached hydrogen (secondary N) is 1. The number of benzene rings is 1. The molecule has 108 valence electrons. The topological polar surface area (TPSA) is 49.4 Å². The van der Waals surface area contributed by atoms with Crippen LogP contribution in [0.4, 0.5) is 5.69 Å². The van der Waals surface area contributed by atoms with Crippen molar-refractivity contribution in [2.24, 2.45) is 0 Å². The molecule has 0 spiro atoms. The molecule has 4 nitrogen and oxygen atoms in total. The smallest absolute Gasteiger partial charge is 0.249 e. The van der Waals surface area contributed by atoms with Crippen molar-refractivity contribution >= 4 is 17.5 Å². The number of hydrogen-bond donors (Lipinski definition) is 1. The van der Waals surface area contributed by atoms with Crippen LogP contribution < -0.4 is 10.2 Å². The number of rotatable bonds is 3. The van der Waals surface area contributed by atoms with Crippen molar-refractivity contribution in [3.63, 3.8) is 0 Å². The first-order valence-corrected chi connectivity index (χ1v) is 7.21. The van der Waals surface area contributed by atoms with E-state index in [9.17, 15) is 9.59 Å². The highest BCUT2D eigenvalue weighted by atomic mass is 16.2. The van der Waals surface area contributed by atoms with Crippen molar-refractivity contribution in [3.8, 4) is 0 Å². The Balaban J connectivity index is 2.35. The monoisotopic (exact) mass is 274 g/mol. The van der Waals surface area contributed by atoms with Crippen LogP contribution in [0.2, 0.25) is 0 Å². The first kappa shape index (κ1) is 14.6. The molecular weight excluding hydrogens is 252 g/mol. The Morgan fingerprint density at radius 1 is 1.30 bits per heavy atom. The molecule has 1 aromatic rings. The molecule has 0 radical (unpaired) electrons. The number of carbonyl (C=O) groups is 2. The minimum Gasteiger partial charge on any atom is -0.344 e. The van der Waals surface area contributed by atoms with Crippen molar-refractivity contribution in [2.75, 3.05) is 11.4 Å². The van der Waals surface area contributed by atoms with Gasteiger partial charge in [-0.1, -0.05) is 25.5 Å². The lowest BCUT2D eigenvalue weighted by molar-refractivity contribution is -0.125. The maximum Gasteiger partial charge on any atom is 0.249 e. The molecule has 0 bridgehead atoms. The van der Waals surface area contributed by atoms with E-state index < -0.39 is 6.04 Å². The average molecular weight is 274 g/mol. The van der Waals surface area contributed by atoms with Gasteiger partial charge in [0.15, 0.2) is 0 Å². The molecule has 2 amide bonds. The second-order valence-electron chi connectivity index (χ2n) is 5.44. The van der Waals surface area contributed by atoms with Gasteiger partial charge in [0, 0.05) is 18.7 Å². The molecular formula is C16H22N2O2. The van der Waals surface area contributed by atoms with Crippen LogP contribution in [0.3, 0.4) is 0 Å². The molecule has 0 aromatic heterocycles. The van der Waals surface area contributed by atoms with Gasteiger partial charge in [-0.2, -0.15) is 0 Å². The van der Waals surface area contributed by atoms with Gasteiger partial charge >= 0.3 is 0 Å². The SMILES string of the molecule is CCCC1NC(=O)CCN(c2cc(C)ccc2C)C1=O. The van der Waals surface area contributed by atoms with Gasteiger partial charge in [-0.05, 0) is 37.5 Å². The lowest BCUT2D eigenvalue weighted by Gasteiger charge is -2.25. The predicted octanol–water partition coefficient (Wildman–Crippen LogP) is 2.33. The summed E-state index contributed by atoms with van der Waals surface area (Å²) in [5.41, 5.74) is 3.11. The van der Waals surface area contributed by atoms with Gasteiger partial charge in [-0.15, -0.1) is 0 Å². The summed E-state index contributed by atoms with van der Waals surface area (Å²) >= 11 is 0. The summed E-state index contributed by atoms with van der Waals surface area (Å²) in [5, 5.41) is 2.83. The minimum atomic E-state index is -0.394. The minimum absolute atomic E-state index is 0.00593. The van der Waals surface area contributed by atoms with E-state index in [-0.39, 0.29) is 11.8 Å². The fourth-order valence-electron chi connectivity index (χ4n) is 2.57. The molecule has 2 rings (SSSR count). The van der Waals surface area contributed by atoms with Crippen molar-refractivity contribution in [1.82, 2.24) is 5.32 Å². The summed E-state index contributed by atoms with van der Waals surface area (Å²) in [6.07, 6.45) is 1.92. The van der Waals surface area contributed by atoms with Crippen LogP contribution in [0, 0.1) is 13.8 Å². The zero-order valence-electron chi connectivity index (χ0n) is 12.4. The van der Waals surface area contributed by atoms with Crippen LogP contribution in [0.5, 0.6) is 0 Å². The lowest BCUT2D eigenvalue weighted by Crippen LogP contribution is -2.44. The van der Waals surface area contributed by atoms with Crippen LogP contribution in [0.25, 0.3) is 0 Å². The van der Waals surface area contributed by atoms with Crippen molar-refractivity contribution in [3.05, 3.63) is 29.3 Å². The first-order chi connectivity index (χ1) is 9.52. The summed E-state index contributed by atoms with van der Waals surface area (Å²) in [5.74, 6) is -0.0315. The lowest BCUT2D eigenvalue weighted by atomic mass is 10.1. The fraction of sp³-hybridized carbons (Fsp3) is 0.500. The predicted molar refractivity (Wildman–Crippen MR) is 79.7 cm³/mol. The van der Waals surface area contributed by atoms with Gasteiger partial charge in [0.1, 0.15) is 6.04 Å². The van der Waals surface area contributed by atoms with Crippen LogP contribution in [-0.4, -0.2) is 24.4 Å². The molecule has 1 fully saturated rings.